The molecule has 0 aliphatic rings. The molecule has 0 aliphatic heterocycles. The van der Waals surface area contributed by atoms with Crippen molar-refractivity contribution in [2.24, 2.45) is 0 Å². The van der Waals surface area contributed by atoms with E-state index >= 15 is 0 Å². The molecule has 0 aliphatic carbocycles. The quantitative estimate of drug-likeness (QED) is 0.884. The Kier molecular flexibility index (Phi) is 4.92. The second-order valence-electron chi connectivity index (χ2n) is 4.77. The van der Waals surface area contributed by atoms with Gasteiger partial charge in [0.2, 0.25) is 0 Å². The van der Waals surface area contributed by atoms with Crippen molar-refractivity contribution >= 4 is 5.91 Å². The van der Waals surface area contributed by atoms with Crippen molar-refractivity contribution in [2.75, 3.05) is 7.11 Å². The molecule has 1 N–H and O–H groups in total. The van der Waals surface area contributed by atoms with Gasteiger partial charge in [-0.15, -0.1) is 0 Å². The van der Waals surface area contributed by atoms with Gasteiger partial charge in [-0.2, -0.15) is 5.10 Å². The molecule has 0 fully saturated rings. The Morgan fingerprint density at radius 2 is 2.10 bits per heavy atom. The van der Waals surface area contributed by atoms with E-state index in [0.29, 0.717) is 5.56 Å². The number of aromatic nitrogens is 3. The van der Waals surface area contributed by atoms with Crippen LogP contribution in [0.4, 0.5) is 0 Å². The van der Waals surface area contributed by atoms with Crippen LogP contribution in [0.1, 0.15) is 42.5 Å². The first-order valence-electron chi connectivity index (χ1n) is 6.98. The topological polar surface area (TPSA) is 69.0 Å². The number of carbonyl (C=O) groups excluding carboxylic acids is 1. The maximum atomic E-state index is 12.2. The number of aryl methyl sites for hydroxylation is 1. The summed E-state index contributed by atoms with van der Waals surface area (Å²) in [5, 5.41) is 7.10. The normalized spacial score (nSPS) is 12.0. The summed E-state index contributed by atoms with van der Waals surface area (Å²) >= 11 is 0. The molecule has 6 heteroatoms. The number of methoxy groups -OCH3 is 1. The van der Waals surface area contributed by atoms with Crippen molar-refractivity contribution in [3.8, 4) is 5.75 Å². The Labute approximate surface area is 124 Å². The van der Waals surface area contributed by atoms with Gasteiger partial charge in [0.1, 0.15) is 17.9 Å². The summed E-state index contributed by atoms with van der Waals surface area (Å²) in [5.41, 5.74) is 0.587. The standard InChI is InChI=1S/C15H20N4O2/c1-4-9-19-14(16-10-17-19)11(2)18-15(20)12-5-7-13(21-3)8-6-12/h5-8,10-11H,4,9H2,1-3H3,(H,18,20)/t11-/m0/s1. The molecule has 0 saturated heterocycles. The van der Waals surface area contributed by atoms with Crippen LogP contribution in [0.5, 0.6) is 5.75 Å². The highest BCUT2D eigenvalue weighted by Gasteiger charge is 2.16. The van der Waals surface area contributed by atoms with Crippen molar-refractivity contribution < 1.29 is 9.53 Å². The summed E-state index contributed by atoms with van der Waals surface area (Å²) in [6, 6.07) is 6.79. The van der Waals surface area contributed by atoms with Crippen molar-refractivity contribution in [3.63, 3.8) is 0 Å². The maximum Gasteiger partial charge on any atom is 0.251 e. The zero-order valence-corrected chi connectivity index (χ0v) is 12.5. The van der Waals surface area contributed by atoms with Crippen LogP contribution >= 0.6 is 0 Å². The average Bonchev–Trinajstić information content (AvgIpc) is 2.96. The monoisotopic (exact) mass is 288 g/mol. The number of hydrogen-bond acceptors (Lipinski definition) is 4. The lowest BCUT2D eigenvalue weighted by Crippen LogP contribution is -2.29. The highest BCUT2D eigenvalue weighted by molar-refractivity contribution is 5.94. The van der Waals surface area contributed by atoms with Gasteiger partial charge in [-0.1, -0.05) is 6.92 Å². The zero-order valence-electron chi connectivity index (χ0n) is 12.5. The van der Waals surface area contributed by atoms with Gasteiger partial charge < -0.3 is 10.1 Å². The van der Waals surface area contributed by atoms with Gasteiger partial charge in [0.25, 0.3) is 5.91 Å². The number of carbonyl (C=O) groups is 1. The molecule has 21 heavy (non-hydrogen) atoms. The number of rotatable bonds is 6. The van der Waals surface area contributed by atoms with Crippen LogP contribution in [0, 0.1) is 0 Å². The minimum Gasteiger partial charge on any atom is -0.497 e. The van der Waals surface area contributed by atoms with E-state index in [1.807, 2.05) is 11.6 Å². The molecule has 0 unspecified atom stereocenters. The fourth-order valence-electron chi connectivity index (χ4n) is 2.08. The summed E-state index contributed by atoms with van der Waals surface area (Å²) in [6.07, 6.45) is 2.48. The minimum atomic E-state index is -0.200. The first-order chi connectivity index (χ1) is 10.2. The smallest absolute Gasteiger partial charge is 0.251 e. The second-order valence-corrected chi connectivity index (χ2v) is 4.77. The molecule has 0 radical (unpaired) electrons. The van der Waals surface area contributed by atoms with E-state index in [-0.39, 0.29) is 11.9 Å². The Bertz CT molecular complexity index is 592. The number of nitrogens with one attached hydrogen (secondary N) is 1. The minimum absolute atomic E-state index is 0.142. The first-order valence-corrected chi connectivity index (χ1v) is 6.98. The van der Waals surface area contributed by atoms with Crippen LogP contribution in [0.3, 0.4) is 0 Å². The molecule has 0 saturated carbocycles. The molecule has 1 atom stereocenters. The Balaban J connectivity index is 2.05. The molecular weight excluding hydrogens is 268 g/mol. The fourth-order valence-corrected chi connectivity index (χ4v) is 2.08. The van der Waals surface area contributed by atoms with E-state index < -0.39 is 0 Å². The second kappa shape index (κ2) is 6.88. The molecule has 0 spiro atoms. The molecule has 1 amide bonds. The van der Waals surface area contributed by atoms with Crippen molar-refractivity contribution in [1.29, 1.82) is 0 Å². The summed E-state index contributed by atoms with van der Waals surface area (Å²) in [6.45, 7) is 4.77. The Morgan fingerprint density at radius 3 is 2.71 bits per heavy atom. The fraction of sp³-hybridized carbons (Fsp3) is 0.400. The van der Waals surface area contributed by atoms with Gasteiger partial charge >= 0.3 is 0 Å². The largest absolute Gasteiger partial charge is 0.497 e. The zero-order chi connectivity index (χ0) is 15.2. The first kappa shape index (κ1) is 15.0. The maximum absolute atomic E-state index is 12.2. The SMILES string of the molecule is CCCn1ncnc1[C@H](C)NC(=O)c1ccc(OC)cc1. The summed E-state index contributed by atoms with van der Waals surface area (Å²) in [5.74, 6) is 1.34. The number of hydrogen-bond donors (Lipinski definition) is 1. The molecule has 6 nitrogen and oxygen atoms in total. The Hall–Kier alpha value is -2.37. The van der Waals surface area contributed by atoms with Gasteiger partial charge in [-0.25, -0.2) is 9.67 Å². The van der Waals surface area contributed by atoms with E-state index in [2.05, 4.69) is 22.3 Å². The lowest BCUT2D eigenvalue weighted by atomic mass is 10.2. The molecule has 1 heterocycles. The van der Waals surface area contributed by atoms with E-state index in [4.69, 9.17) is 4.74 Å². The summed E-state index contributed by atoms with van der Waals surface area (Å²) < 4.78 is 6.90. The molecule has 1 aromatic carbocycles. The molecule has 2 aromatic rings. The van der Waals surface area contributed by atoms with E-state index in [9.17, 15) is 4.79 Å². The third-order valence-electron chi connectivity index (χ3n) is 3.17. The molecule has 2 rings (SSSR count). The predicted molar refractivity (Wildman–Crippen MR) is 79.2 cm³/mol. The van der Waals surface area contributed by atoms with Crippen molar-refractivity contribution in [1.82, 2.24) is 20.1 Å². The summed E-state index contributed by atoms with van der Waals surface area (Å²) in [7, 11) is 1.59. The average molecular weight is 288 g/mol. The highest BCUT2D eigenvalue weighted by atomic mass is 16.5. The molecule has 1 aromatic heterocycles. The number of ether oxygens (including phenoxy) is 1. The molecule has 112 valence electrons. The van der Waals surface area contributed by atoms with Gasteiger partial charge in [-0.05, 0) is 37.6 Å². The van der Waals surface area contributed by atoms with Gasteiger partial charge in [0.15, 0.2) is 0 Å². The van der Waals surface area contributed by atoms with E-state index in [1.165, 1.54) is 6.33 Å². The van der Waals surface area contributed by atoms with Gasteiger partial charge in [-0.3, -0.25) is 4.79 Å². The van der Waals surface area contributed by atoms with Crippen LogP contribution in [0.2, 0.25) is 0 Å². The third-order valence-corrected chi connectivity index (χ3v) is 3.17. The lowest BCUT2D eigenvalue weighted by molar-refractivity contribution is 0.0937. The lowest BCUT2D eigenvalue weighted by Gasteiger charge is -2.14. The highest BCUT2D eigenvalue weighted by Crippen LogP contribution is 2.14. The van der Waals surface area contributed by atoms with Gasteiger partial charge in [0.05, 0.1) is 13.2 Å². The summed E-state index contributed by atoms with van der Waals surface area (Å²) in [4.78, 5) is 16.4. The van der Waals surface area contributed by atoms with Crippen molar-refractivity contribution in [2.45, 2.75) is 32.9 Å². The van der Waals surface area contributed by atoms with Crippen molar-refractivity contribution in [3.05, 3.63) is 42.0 Å². The van der Waals surface area contributed by atoms with Gasteiger partial charge in [0, 0.05) is 12.1 Å². The van der Waals surface area contributed by atoms with Crippen LogP contribution in [-0.2, 0) is 6.54 Å². The Morgan fingerprint density at radius 1 is 1.38 bits per heavy atom. The number of benzene rings is 1. The predicted octanol–water partition coefficient (Wildman–Crippen LogP) is 2.19. The van der Waals surface area contributed by atoms with Crippen LogP contribution in [-0.4, -0.2) is 27.8 Å². The number of nitrogens with zero attached hydrogens (tertiary/aromatic N) is 3. The van der Waals surface area contributed by atoms with E-state index in [1.54, 1.807) is 31.4 Å². The molecule has 0 bridgehead atoms. The number of amides is 1. The van der Waals surface area contributed by atoms with Crippen LogP contribution < -0.4 is 10.1 Å². The van der Waals surface area contributed by atoms with Crippen LogP contribution in [0.15, 0.2) is 30.6 Å². The van der Waals surface area contributed by atoms with Crippen LogP contribution in [0.25, 0.3) is 0 Å². The van der Waals surface area contributed by atoms with E-state index in [0.717, 1.165) is 24.5 Å². The molecular formula is C15H20N4O2. The third kappa shape index (κ3) is 3.59.